The van der Waals surface area contributed by atoms with Crippen LogP contribution in [0.25, 0.3) is 234 Å². The topological polar surface area (TPSA) is 110 Å². The third-order valence-corrected chi connectivity index (χ3v) is 25.9. The summed E-state index contributed by atoms with van der Waals surface area (Å²) in [5.41, 5.74) is 30.3. The van der Waals surface area contributed by atoms with Gasteiger partial charge in [-0.25, -0.2) is 19.9 Å². The van der Waals surface area contributed by atoms with Crippen LogP contribution >= 0.6 is 0 Å². The van der Waals surface area contributed by atoms with E-state index < -0.39 is 0 Å². The molecule has 0 atom stereocenters. The maximum Gasteiger partial charge on any atom is 0.238 e. The lowest BCUT2D eigenvalue weighted by atomic mass is 9.82. The Morgan fingerprint density at radius 1 is 0.188 bits per heavy atom. The molecule has 26 rings (SSSR count). The molecule has 1 aliphatic rings. The van der Waals surface area contributed by atoms with Gasteiger partial charge < -0.3 is 18.1 Å². The Kier molecular flexibility index (Phi) is 17.1. The van der Waals surface area contributed by atoms with Crippen LogP contribution in [0, 0.1) is 0 Å². The Morgan fingerprint density at radius 2 is 0.508 bits per heavy atom. The fraction of sp³-hybridized carbons (Fsp3) is 0.0256. The molecule has 7 heterocycles. The lowest BCUT2D eigenvalue weighted by Gasteiger charge is -2.21. The first kappa shape index (κ1) is 73.7. The number of furan rings is 1. The van der Waals surface area contributed by atoms with Gasteiger partial charge >= 0.3 is 0 Å². The number of fused-ring (bicyclic) bond motifs is 18. The van der Waals surface area contributed by atoms with E-state index in [2.05, 4.69) is 432 Å². The standard InChI is InChI=1S/C66H45N5.C51H31N5O/c1-66(2)57-28-12-9-25-51(57)52-34-31-48(41-58(52)66)65-68-63(46-20-15-19-43(37-46)45-33-36-61-56(40-45)53-26-10-13-29-59(53)70(61)49-22-7-4-8-23-49)67-64(69-65)47-21-16-24-50(38-47)71-60-30-14-11-27-54(60)55-39-44(32-35-62(55)71)42-17-5-3-6-18-42;1-2-13-32(14-3-1)33-26-28-46-42(30-33)39-19-6-8-21-43(39)55(46)36-16-12-15-34(29-36)49-52-50(35-25-27-41-40-20-7-11-24-47(40)57-48(41)31-35)54-51(53-49)56-44-22-9-4-17-37(44)38-18-5-10-23-45(38)56/h3-41H,1-2H3;1-31H. The van der Waals surface area contributed by atoms with Gasteiger partial charge in [-0.1, -0.05) is 305 Å². The maximum absolute atomic E-state index is 6.33. The van der Waals surface area contributed by atoms with Crippen LogP contribution in [0.15, 0.2) is 429 Å². The molecule has 0 saturated carbocycles. The Labute approximate surface area is 736 Å². The first-order valence-corrected chi connectivity index (χ1v) is 43.5. The van der Waals surface area contributed by atoms with Gasteiger partial charge in [0.05, 0.1) is 44.1 Å². The van der Waals surface area contributed by atoms with E-state index in [1.807, 2.05) is 24.3 Å². The highest BCUT2D eigenvalue weighted by Gasteiger charge is 2.36. The highest BCUT2D eigenvalue weighted by molar-refractivity contribution is 6.14. The molecule has 11 nitrogen and oxygen atoms in total. The summed E-state index contributed by atoms with van der Waals surface area (Å²) < 4.78 is 15.5. The second-order valence-electron chi connectivity index (χ2n) is 33.7. The average molecular weight is 1640 g/mol. The summed E-state index contributed by atoms with van der Waals surface area (Å²) in [6.07, 6.45) is 0. The van der Waals surface area contributed by atoms with E-state index in [4.69, 9.17) is 34.3 Å². The maximum atomic E-state index is 6.33. The van der Waals surface area contributed by atoms with E-state index in [0.717, 1.165) is 122 Å². The summed E-state index contributed by atoms with van der Waals surface area (Å²) in [5, 5.41) is 11.7. The quantitative estimate of drug-likeness (QED) is 0.120. The van der Waals surface area contributed by atoms with Gasteiger partial charge in [0, 0.05) is 104 Å². The molecule has 0 fully saturated rings. The average Bonchev–Trinajstić information content (AvgIpc) is 1.31. The third-order valence-electron chi connectivity index (χ3n) is 25.9. The molecule has 0 amide bonds. The van der Waals surface area contributed by atoms with Gasteiger partial charge in [-0.05, 0) is 189 Å². The molecular weight excluding hydrogens is 1560 g/mol. The van der Waals surface area contributed by atoms with Crippen molar-refractivity contribution in [2.75, 3.05) is 0 Å². The molecule has 0 bridgehead atoms. The van der Waals surface area contributed by atoms with Crippen molar-refractivity contribution in [1.82, 2.24) is 48.2 Å². The molecule has 0 N–H and O–H groups in total. The largest absolute Gasteiger partial charge is 0.456 e. The lowest BCUT2D eigenvalue weighted by Crippen LogP contribution is -2.15. The van der Waals surface area contributed by atoms with Crippen molar-refractivity contribution in [3.63, 3.8) is 0 Å². The first-order valence-electron chi connectivity index (χ1n) is 43.5. The minimum Gasteiger partial charge on any atom is -0.456 e. The second kappa shape index (κ2) is 29.6. The van der Waals surface area contributed by atoms with Crippen molar-refractivity contribution in [2.45, 2.75) is 19.3 Å². The van der Waals surface area contributed by atoms with Crippen LogP contribution in [0.3, 0.4) is 0 Å². The van der Waals surface area contributed by atoms with Crippen LogP contribution in [-0.4, -0.2) is 48.2 Å². The molecule has 0 spiro atoms. The second-order valence-corrected chi connectivity index (χ2v) is 33.7. The van der Waals surface area contributed by atoms with Crippen LogP contribution in [0.1, 0.15) is 25.0 Å². The van der Waals surface area contributed by atoms with Crippen LogP contribution in [0.4, 0.5) is 0 Å². The fourth-order valence-corrected chi connectivity index (χ4v) is 19.9. The smallest absolute Gasteiger partial charge is 0.238 e. The van der Waals surface area contributed by atoms with Crippen LogP contribution < -0.4 is 0 Å². The van der Waals surface area contributed by atoms with Crippen LogP contribution in [-0.2, 0) is 5.41 Å². The minimum absolute atomic E-state index is 0.179. The predicted molar refractivity (Wildman–Crippen MR) is 525 cm³/mol. The normalized spacial score (nSPS) is 12.4. The van der Waals surface area contributed by atoms with Gasteiger partial charge in [-0.3, -0.25) is 4.57 Å². The molecule has 600 valence electrons. The Bertz CT molecular complexity index is 8760. The van der Waals surface area contributed by atoms with Crippen molar-refractivity contribution in [2.24, 2.45) is 0 Å². The molecular formula is C117H76N10O. The summed E-state index contributed by atoms with van der Waals surface area (Å²) in [5.74, 6) is 3.56. The van der Waals surface area contributed by atoms with E-state index in [-0.39, 0.29) is 5.41 Å². The van der Waals surface area contributed by atoms with Gasteiger partial charge in [0.2, 0.25) is 5.95 Å². The van der Waals surface area contributed by atoms with Gasteiger partial charge in [0.1, 0.15) is 11.2 Å². The molecule has 11 heteroatoms. The lowest BCUT2D eigenvalue weighted by molar-refractivity contribution is 0.660. The zero-order valence-corrected chi connectivity index (χ0v) is 69.8. The highest BCUT2D eigenvalue weighted by atomic mass is 16.3. The van der Waals surface area contributed by atoms with E-state index in [1.54, 1.807) is 0 Å². The number of hydrogen-bond acceptors (Lipinski definition) is 7. The van der Waals surface area contributed by atoms with Gasteiger partial charge in [-0.15, -0.1) is 0 Å². The Balaban J connectivity index is 0.000000142. The zero-order valence-electron chi connectivity index (χ0n) is 69.8. The van der Waals surface area contributed by atoms with E-state index >= 15 is 0 Å². The summed E-state index contributed by atoms with van der Waals surface area (Å²) in [6, 6.07) is 151. The summed E-state index contributed by atoms with van der Waals surface area (Å²) in [7, 11) is 0. The minimum atomic E-state index is -0.179. The van der Waals surface area contributed by atoms with Crippen molar-refractivity contribution < 1.29 is 4.42 Å². The molecule has 0 saturated heterocycles. The molecule has 1 aliphatic carbocycles. The van der Waals surface area contributed by atoms with Crippen LogP contribution in [0.5, 0.6) is 0 Å². The van der Waals surface area contributed by atoms with Gasteiger partial charge in [0.15, 0.2) is 29.1 Å². The summed E-state index contributed by atoms with van der Waals surface area (Å²) in [6.45, 7) is 4.63. The SMILES string of the molecule is CC1(C)c2ccccc2-c2ccc(-c3nc(-c4cccc(-c5ccc6c(c5)c5ccccc5n6-c5ccccc5)c4)nc(-c4cccc(-n5c6ccccc6c6cc(-c7ccccc7)ccc65)c4)n3)cc21.c1ccc(-c2ccc3c(c2)c2ccccc2n3-c2cccc(-c3nc(-c4ccc5c(c4)oc4ccccc45)nc(-n4c5ccccc5c5ccccc54)n3)c2)cc1. The van der Waals surface area contributed by atoms with E-state index in [1.165, 1.54) is 87.9 Å². The van der Waals surface area contributed by atoms with Crippen molar-refractivity contribution >= 4 is 109 Å². The number of aromatic nitrogens is 10. The van der Waals surface area contributed by atoms with Crippen molar-refractivity contribution in [3.05, 3.63) is 436 Å². The molecule has 18 aromatic carbocycles. The molecule has 0 radical (unpaired) electrons. The fourth-order valence-electron chi connectivity index (χ4n) is 19.9. The Hall–Kier alpha value is -17.0. The zero-order chi connectivity index (χ0) is 84.7. The Morgan fingerprint density at radius 3 is 1.02 bits per heavy atom. The third kappa shape index (κ3) is 12.2. The van der Waals surface area contributed by atoms with Gasteiger partial charge in [0.25, 0.3) is 0 Å². The predicted octanol–water partition coefficient (Wildman–Crippen LogP) is 29.7. The monoisotopic (exact) mass is 1640 g/mol. The molecule has 7 aromatic heterocycles. The number of benzene rings is 18. The first-order chi connectivity index (χ1) is 63.2. The van der Waals surface area contributed by atoms with Crippen molar-refractivity contribution in [3.8, 4) is 124 Å². The van der Waals surface area contributed by atoms with E-state index in [9.17, 15) is 0 Å². The highest BCUT2D eigenvalue weighted by Crippen LogP contribution is 2.50. The molecule has 0 aliphatic heterocycles. The molecule has 25 aromatic rings. The molecule has 0 unspecified atom stereocenters. The van der Waals surface area contributed by atoms with E-state index in [0.29, 0.717) is 35.1 Å². The number of hydrogen-bond donors (Lipinski definition) is 0. The number of rotatable bonds is 12. The number of nitrogens with zero attached hydrogens (tertiary/aromatic N) is 10. The molecule has 128 heavy (non-hydrogen) atoms. The summed E-state index contributed by atoms with van der Waals surface area (Å²) in [4.78, 5) is 31.7. The van der Waals surface area contributed by atoms with Gasteiger partial charge in [-0.2, -0.15) is 9.97 Å². The number of para-hydroxylation sites is 7. The van der Waals surface area contributed by atoms with Crippen molar-refractivity contribution in [1.29, 1.82) is 0 Å². The summed E-state index contributed by atoms with van der Waals surface area (Å²) >= 11 is 0. The van der Waals surface area contributed by atoms with Crippen LogP contribution in [0.2, 0.25) is 0 Å².